The van der Waals surface area contributed by atoms with Gasteiger partial charge in [0, 0.05) is 13.5 Å². The molecular formula is C29H30NP. The molecule has 1 aromatic heterocycles. The van der Waals surface area contributed by atoms with E-state index < -0.39 is 7.92 Å². The third-order valence-corrected chi connectivity index (χ3v) is 7.96. The van der Waals surface area contributed by atoms with Crippen molar-refractivity contribution in [3.8, 4) is 11.3 Å². The van der Waals surface area contributed by atoms with Crippen molar-refractivity contribution < 1.29 is 0 Å². The molecule has 0 N–H and O–H groups in total. The van der Waals surface area contributed by atoms with Gasteiger partial charge in [-0.25, -0.2) is 4.98 Å². The first-order valence-electron chi connectivity index (χ1n) is 11.1. The van der Waals surface area contributed by atoms with Crippen LogP contribution in [0.4, 0.5) is 0 Å². The lowest BCUT2D eigenvalue weighted by Crippen LogP contribution is -2.23. The number of hydrogen-bond donors (Lipinski definition) is 0. The van der Waals surface area contributed by atoms with Crippen LogP contribution < -0.4 is 16.0 Å². The molecule has 31 heavy (non-hydrogen) atoms. The number of aromatic nitrogens is 1. The van der Waals surface area contributed by atoms with Crippen LogP contribution in [0.2, 0.25) is 0 Å². The monoisotopic (exact) mass is 423 g/mol. The zero-order valence-corrected chi connectivity index (χ0v) is 19.7. The van der Waals surface area contributed by atoms with Crippen molar-refractivity contribution in [3.05, 3.63) is 108 Å². The molecule has 4 aromatic rings. The lowest BCUT2D eigenvalue weighted by atomic mass is 9.87. The molecule has 0 atom stereocenters. The van der Waals surface area contributed by atoms with Gasteiger partial charge in [-0.2, -0.15) is 0 Å². The Balaban J connectivity index is 1.91. The maximum absolute atomic E-state index is 5.31. The van der Waals surface area contributed by atoms with Crippen molar-refractivity contribution in [2.45, 2.75) is 39.5 Å². The Hall–Kier alpha value is -2.76. The minimum atomic E-state index is -0.714. The number of pyridine rings is 1. The smallest absolute Gasteiger partial charge is 0.0728 e. The summed E-state index contributed by atoms with van der Waals surface area (Å²) in [5.41, 5.74) is 6.30. The summed E-state index contributed by atoms with van der Waals surface area (Å²) in [7, 11) is -0.714. The van der Waals surface area contributed by atoms with Crippen LogP contribution in [0.15, 0.2) is 97.1 Å². The summed E-state index contributed by atoms with van der Waals surface area (Å²) in [6.45, 7) is 9.09. The molecule has 4 rings (SSSR count). The Bertz CT molecular complexity index is 1070. The molecule has 2 heteroatoms. The van der Waals surface area contributed by atoms with E-state index >= 15 is 0 Å². The first-order chi connectivity index (χ1) is 15.1. The van der Waals surface area contributed by atoms with Crippen molar-refractivity contribution in [2.24, 2.45) is 0 Å². The summed E-state index contributed by atoms with van der Waals surface area (Å²) in [6, 6.07) is 34.9. The molecule has 0 aliphatic heterocycles. The Labute approximate surface area is 188 Å². The van der Waals surface area contributed by atoms with Gasteiger partial charge in [0.1, 0.15) is 0 Å². The molecule has 0 spiro atoms. The predicted octanol–water partition coefficient (Wildman–Crippen LogP) is 6.75. The standard InChI is InChI=1S/C29H30NP/c1-21(2)25-17-11-18-26(22(3)4)29(25)27-19-12-20-28(30-27)31(23-13-7-5-8-14-23)24-15-9-6-10-16-24/h5-22H,1-4H3. The van der Waals surface area contributed by atoms with Crippen molar-refractivity contribution in [1.29, 1.82) is 0 Å². The van der Waals surface area contributed by atoms with Gasteiger partial charge in [0.15, 0.2) is 0 Å². The van der Waals surface area contributed by atoms with Gasteiger partial charge in [-0.05, 0) is 45.7 Å². The van der Waals surface area contributed by atoms with Crippen molar-refractivity contribution in [1.82, 2.24) is 4.98 Å². The fourth-order valence-electron chi connectivity index (χ4n) is 4.10. The van der Waals surface area contributed by atoms with E-state index in [-0.39, 0.29) is 0 Å². The van der Waals surface area contributed by atoms with Crippen LogP contribution in [0.3, 0.4) is 0 Å². The Morgan fingerprint density at radius 1 is 0.548 bits per heavy atom. The number of rotatable bonds is 6. The molecule has 0 aliphatic rings. The highest BCUT2D eigenvalue weighted by Gasteiger charge is 2.21. The molecule has 0 unspecified atom stereocenters. The Kier molecular flexibility index (Phi) is 6.64. The van der Waals surface area contributed by atoms with E-state index in [2.05, 4.69) is 125 Å². The highest BCUT2D eigenvalue weighted by atomic mass is 31.1. The van der Waals surface area contributed by atoms with Crippen LogP contribution in [-0.2, 0) is 0 Å². The third-order valence-electron chi connectivity index (χ3n) is 5.62. The predicted molar refractivity (Wildman–Crippen MR) is 137 cm³/mol. The Morgan fingerprint density at radius 3 is 1.52 bits per heavy atom. The molecule has 0 fully saturated rings. The molecule has 1 nitrogen and oxygen atoms in total. The van der Waals surface area contributed by atoms with Crippen LogP contribution in [0.1, 0.15) is 50.7 Å². The molecule has 1 heterocycles. The topological polar surface area (TPSA) is 12.9 Å². The van der Waals surface area contributed by atoms with Crippen LogP contribution in [0, 0.1) is 0 Å². The van der Waals surface area contributed by atoms with Crippen molar-refractivity contribution in [3.63, 3.8) is 0 Å². The van der Waals surface area contributed by atoms with E-state index in [1.807, 2.05) is 0 Å². The van der Waals surface area contributed by atoms with E-state index in [9.17, 15) is 0 Å². The van der Waals surface area contributed by atoms with E-state index in [1.54, 1.807) is 0 Å². The number of benzene rings is 3. The lowest BCUT2D eigenvalue weighted by Gasteiger charge is -2.22. The average Bonchev–Trinajstić information content (AvgIpc) is 2.80. The molecule has 156 valence electrons. The van der Waals surface area contributed by atoms with Crippen LogP contribution in [0.25, 0.3) is 11.3 Å². The van der Waals surface area contributed by atoms with E-state index in [0.717, 1.165) is 11.1 Å². The average molecular weight is 424 g/mol. The maximum Gasteiger partial charge on any atom is 0.0728 e. The molecular weight excluding hydrogens is 393 g/mol. The quantitative estimate of drug-likeness (QED) is 0.313. The fraction of sp³-hybridized carbons (Fsp3) is 0.207. The second kappa shape index (κ2) is 9.58. The number of hydrogen-bond acceptors (Lipinski definition) is 1. The van der Waals surface area contributed by atoms with Crippen molar-refractivity contribution >= 4 is 24.0 Å². The molecule has 0 amide bonds. The summed E-state index contributed by atoms with van der Waals surface area (Å²) in [5.74, 6) is 0.896. The molecule has 0 radical (unpaired) electrons. The van der Waals surface area contributed by atoms with Gasteiger partial charge >= 0.3 is 0 Å². The first kappa shape index (κ1) is 21.5. The second-order valence-electron chi connectivity index (χ2n) is 8.51. The van der Waals surface area contributed by atoms with E-state index in [0.29, 0.717) is 11.8 Å². The molecule has 0 saturated carbocycles. The van der Waals surface area contributed by atoms with Crippen LogP contribution in [0.5, 0.6) is 0 Å². The largest absolute Gasteiger partial charge is 0.247 e. The first-order valence-corrected chi connectivity index (χ1v) is 12.4. The number of nitrogens with zero attached hydrogens (tertiary/aromatic N) is 1. The Morgan fingerprint density at radius 2 is 1.03 bits per heavy atom. The summed E-state index contributed by atoms with van der Waals surface area (Å²) in [4.78, 5) is 5.31. The maximum atomic E-state index is 5.31. The van der Waals surface area contributed by atoms with Gasteiger partial charge < -0.3 is 0 Å². The second-order valence-corrected chi connectivity index (χ2v) is 10.7. The lowest BCUT2D eigenvalue weighted by molar-refractivity contribution is 0.836. The van der Waals surface area contributed by atoms with E-state index in [4.69, 9.17) is 4.98 Å². The fourth-order valence-corrected chi connectivity index (χ4v) is 6.31. The molecule has 0 bridgehead atoms. The minimum Gasteiger partial charge on any atom is -0.247 e. The van der Waals surface area contributed by atoms with Gasteiger partial charge in [-0.1, -0.05) is 113 Å². The summed E-state index contributed by atoms with van der Waals surface area (Å²) < 4.78 is 0. The summed E-state index contributed by atoms with van der Waals surface area (Å²) >= 11 is 0. The summed E-state index contributed by atoms with van der Waals surface area (Å²) in [6.07, 6.45) is 0. The normalized spacial score (nSPS) is 11.5. The SMILES string of the molecule is CC(C)c1cccc(C(C)C)c1-c1cccc(P(c2ccccc2)c2ccccc2)n1. The van der Waals surface area contributed by atoms with Gasteiger partial charge in [0.25, 0.3) is 0 Å². The molecule has 0 aliphatic carbocycles. The van der Waals surface area contributed by atoms with Gasteiger partial charge in [0.2, 0.25) is 0 Å². The van der Waals surface area contributed by atoms with Crippen LogP contribution >= 0.6 is 7.92 Å². The van der Waals surface area contributed by atoms with Gasteiger partial charge in [-0.3, -0.25) is 0 Å². The third kappa shape index (κ3) is 4.63. The molecule has 3 aromatic carbocycles. The highest BCUT2D eigenvalue weighted by molar-refractivity contribution is 7.79. The van der Waals surface area contributed by atoms with Crippen LogP contribution in [-0.4, -0.2) is 4.98 Å². The molecule has 0 saturated heterocycles. The zero-order valence-electron chi connectivity index (χ0n) is 18.8. The van der Waals surface area contributed by atoms with E-state index in [1.165, 1.54) is 27.3 Å². The zero-order chi connectivity index (χ0) is 21.8. The summed E-state index contributed by atoms with van der Waals surface area (Å²) in [5, 5.41) is 2.66. The minimum absolute atomic E-state index is 0.448. The van der Waals surface area contributed by atoms with Gasteiger partial charge in [0.05, 0.1) is 11.1 Å². The highest BCUT2D eigenvalue weighted by Crippen LogP contribution is 2.37. The van der Waals surface area contributed by atoms with Crippen molar-refractivity contribution in [2.75, 3.05) is 0 Å². The van der Waals surface area contributed by atoms with Gasteiger partial charge in [-0.15, -0.1) is 0 Å².